The van der Waals surface area contributed by atoms with E-state index in [2.05, 4.69) is 16.8 Å². The molecule has 1 aliphatic rings. The van der Waals surface area contributed by atoms with Gasteiger partial charge in [0.25, 0.3) is 0 Å². The molecule has 12 heavy (non-hydrogen) atoms. The standard InChI is InChI=1S/C8H12N2OS/c1-6(8-9-2-3-12-8)10-4-7(11)5-10/h2-3,6-7,11H,4-5H2,1H3. The number of nitrogens with zero attached hydrogens (tertiary/aromatic N) is 2. The largest absolute Gasteiger partial charge is 0.390 e. The monoisotopic (exact) mass is 184 g/mol. The molecule has 2 heterocycles. The number of hydrogen-bond acceptors (Lipinski definition) is 4. The molecule has 1 fully saturated rings. The lowest BCUT2D eigenvalue weighted by molar-refractivity contribution is -0.0211. The van der Waals surface area contributed by atoms with Crippen molar-refractivity contribution in [1.29, 1.82) is 0 Å². The Morgan fingerprint density at radius 3 is 3.00 bits per heavy atom. The lowest BCUT2D eigenvalue weighted by atomic mass is 10.1. The summed E-state index contributed by atoms with van der Waals surface area (Å²) in [5, 5.41) is 12.2. The van der Waals surface area contributed by atoms with Crippen molar-refractivity contribution in [2.24, 2.45) is 0 Å². The van der Waals surface area contributed by atoms with Crippen molar-refractivity contribution >= 4 is 11.3 Å². The van der Waals surface area contributed by atoms with Gasteiger partial charge in [0.15, 0.2) is 0 Å². The van der Waals surface area contributed by atoms with Gasteiger partial charge in [-0.2, -0.15) is 0 Å². The topological polar surface area (TPSA) is 36.4 Å². The van der Waals surface area contributed by atoms with Crippen LogP contribution in [0.15, 0.2) is 11.6 Å². The van der Waals surface area contributed by atoms with Crippen LogP contribution in [0.25, 0.3) is 0 Å². The van der Waals surface area contributed by atoms with Crippen molar-refractivity contribution in [3.63, 3.8) is 0 Å². The number of thiazole rings is 1. The van der Waals surface area contributed by atoms with Crippen LogP contribution in [0.1, 0.15) is 18.0 Å². The highest BCUT2D eigenvalue weighted by atomic mass is 32.1. The summed E-state index contributed by atoms with van der Waals surface area (Å²) in [5.74, 6) is 0. The quantitative estimate of drug-likeness (QED) is 0.741. The number of β-amino-alcohol motifs (C(OH)–C–C–N with tert-alkyl or cyclic N) is 1. The third-order valence-electron chi connectivity index (χ3n) is 2.25. The molecule has 0 aliphatic carbocycles. The smallest absolute Gasteiger partial charge is 0.109 e. The molecule has 3 nitrogen and oxygen atoms in total. The van der Waals surface area contributed by atoms with Gasteiger partial charge in [0.2, 0.25) is 0 Å². The summed E-state index contributed by atoms with van der Waals surface area (Å²) in [7, 11) is 0. The molecule has 1 N–H and O–H groups in total. The van der Waals surface area contributed by atoms with E-state index in [1.807, 2.05) is 11.6 Å². The van der Waals surface area contributed by atoms with Crippen LogP contribution in [-0.4, -0.2) is 34.2 Å². The van der Waals surface area contributed by atoms with E-state index in [1.165, 1.54) is 0 Å². The molecule has 2 rings (SSSR count). The van der Waals surface area contributed by atoms with Crippen LogP contribution >= 0.6 is 11.3 Å². The first-order valence-corrected chi connectivity index (χ1v) is 4.97. The number of likely N-dealkylation sites (tertiary alicyclic amines) is 1. The Morgan fingerprint density at radius 1 is 1.75 bits per heavy atom. The Labute approximate surface area is 75.7 Å². The minimum atomic E-state index is -0.118. The van der Waals surface area contributed by atoms with Gasteiger partial charge in [-0.3, -0.25) is 4.90 Å². The van der Waals surface area contributed by atoms with Crippen LogP contribution in [0.2, 0.25) is 0 Å². The summed E-state index contributed by atoms with van der Waals surface area (Å²) in [6.07, 6.45) is 1.71. The number of aliphatic hydroxyl groups is 1. The molecule has 0 saturated carbocycles. The van der Waals surface area contributed by atoms with Gasteiger partial charge >= 0.3 is 0 Å². The summed E-state index contributed by atoms with van der Waals surface area (Å²) < 4.78 is 0. The number of aliphatic hydroxyl groups excluding tert-OH is 1. The van der Waals surface area contributed by atoms with Gasteiger partial charge in [0.1, 0.15) is 5.01 Å². The molecule has 1 aromatic rings. The van der Waals surface area contributed by atoms with Crippen LogP contribution in [0, 0.1) is 0 Å². The summed E-state index contributed by atoms with van der Waals surface area (Å²) in [6.45, 7) is 3.71. The molecule has 1 atom stereocenters. The van der Waals surface area contributed by atoms with Gasteiger partial charge in [0, 0.05) is 24.7 Å². The van der Waals surface area contributed by atoms with E-state index in [1.54, 1.807) is 11.3 Å². The average Bonchev–Trinajstić information content (AvgIpc) is 2.49. The molecule has 0 amide bonds. The van der Waals surface area contributed by atoms with Gasteiger partial charge in [0.05, 0.1) is 12.1 Å². The molecule has 1 saturated heterocycles. The minimum Gasteiger partial charge on any atom is -0.390 e. The highest BCUT2D eigenvalue weighted by Gasteiger charge is 2.29. The zero-order valence-electron chi connectivity index (χ0n) is 6.97. The predicted molar refractivity (Wildman–Crippen MR) is 48.1 cm³/mol. The lowest BCUT2D eigenvalue weighted by Gasteiger charge is -2.39. The van der Waals surface area contributed by atoms with E-state index < -0.39 is 0 Å². The van der Waals surface area contributed by atoms with E-state index in [0.717, 1.165) is 18.1 Å². The second-order valence-corrected chi connectivity index (χ2v) is 4.08. The van der Waals surface area contributed by atoms with Crippen LogP contribution in [0.5, 0.6) is 0 Å². The number of aromatic nitrogens is 1. The van der Waals surface area contributed by atoms with Gasteiger partial charge < -0.3 is 5.11 Å². The Morgan fingerprint density at radius 2 is 2.50 bits per heavy atom. The van der Waals surface area contributed by atoms with Crippen LogP contribution in [-0.2, 0) is 0 Å². The van der Waals surface area contributed by atoms with Crippen molar-refractivity contribution in [1.82, 2.24) is 9.88 Å². The Kier molecular flexibility index (Phi) is 2.12. The Balaban J connectivity index is 1.97. The van der Waals surface area contributed by atoms with E-state index in [4.69, 9.17) is 5.11 Å². The molecule has 0 spiro atoms. The highest BCUT2D eigenvalue weighted by Crippen LogP contribution is 2.26. The molecule has 1 unspecified atom stereocenters. The molecule has 1 aromatic heterocycles. The second-order valence-electron chi connectivity index (χ2n) is 3.15. The zero-order chi connectivity index (χ0) is 8.55. The van der Waals surface area contributed by atoms with Crippen molar-refractivity contribution in [2.45, 2.75) is 19.1 Å². The Hall–Kier alpha value is -0.450. The molecule has 0 radical (unpaired) electrons. The zero-order valence-corrected chi connectivity index (χ0v) is 7.79. The molecule has 66 valence electrons. The molecule has 0 aromatic carbocycles. The molecule has 0 bridgehead atoms. The fourth-order valence-corrected chi connectivity index (χ4v) is 2.13. The summed E-state index contributed by atoms with van der Waals surface area (Å²) in [4.78, 5) is 6.47. The predicted octanol–water partition coefficient (Wildman–Crippen LogP) is 0.881. The first kappa shape index (κ1) is 8.16. The second kappa shape index (κ2) is 3.12. The van der Waals surface area contributed by atoms with E-state index >= 15 is 0 Å². The third-order valence-corrected chi connectivity index (χ3v) is 3.19. The number of hydrogen-bond donors (Lipinski definition) is 1. The van der Waals surface area contributed by atoms with E-state index in [9.17, 15) is 0 Å². The van der Waals surface area contributed by atoms with Crippen molar-refractivity contribution < 1.29 is 5.11 Å². The first-order valence-electron chi connectivity index (χ1n) is 4.09. The summed E-state index contributed by atoms with van der Waals surface area (Å²) >= 11 is 1.68. The van der Waals surface area contributed by atoms with E-state index in [-0.39, 0.29) is 6.10 Å². The first-order chi connectivity index (χ1) is 5.77. The van der Waals surface area contributed by atoms with Gasteiger partial charge in [-0.05, 0) is 6.92 Å². The van der Waals surface area contributed by atoms with Crippen LogP contribution in [0.4, 0.5) is 0 Å². The lowest BCUT2D eigenvalue weighted by Crippen LogP contribution is -2.51. The fourth-order valence-electron chi connectivity index (χ4n) is 1.40. The fraction of sp³-hybridized carbons (Fsp3) is 0.625. The summed E-state index contributed by atoms with van der Waals surface area (Å²) in [5.41, 5.74) is 0. The molecule has 4 heteroatoms. The van der Waals surface area contributed by atoms with Gasteiger partial charge in [-0.25, -0.2) is 4.98 Å². The van der Waals surface area contributed by atoms with Crippen molar-refractivity contribution in [3.05, 3.63) is 16.6 Å². The third kappa shape index (κ3) is 1.37. The number of rotatable bonds is 2. The highest BCUT2D eigenvalue weighted by molar-refractivity contribution is 7.09. The molecule has 1 aliphatic heterocycles. The maximum absolute atomic E-state index is 9.11. The normalized spacial score (nSPS) is 22.2. The van der Waals surface area contributed by atoms with Crippen LogP contribution < -0.4 is 0 Å². The van der Waals surface area contributed by atoms with Gasteiger partial charge in [-0.15, -0.1) is 11.3 Å². The van der Waals surface area contributed by atoms with Gasteiger partial charge in [-0.1, -0.05) is 0 Å². The van der Waals surface area contributed by atoms with Crippen molar-refractivity contribution in [2.75, 3.05) is 13.1 Å². The minimum absolute atomic E-state index is 0.118. The van der Waals surface area contributed by atoms with E-state index in [0.29, 0.717) is 6.04 Å². The Bertz CT molecular complexity index is 244. The SMILES string of the molecule is CC(c1nccs1)N1CC(O)C1. The van der Waals surface area contributed by atoms with Crippen molar-refractivity contribution in [3.8, 4) is 0 Å². The maximum atomic E-state index is 9.11. The molecular formula is C8H12N2OS. The molecular weight excluding hydrogens is 172 g/mol. The maximum Gasteiger partial charge on any atom is 0.109 e. The summed E-state index contributed by atoms with van der Waals surface area (Å²) in [6, 6.07) is 0.369. The van der Waals surface area contributed by atoms with Crippen LogP contribution in [0.3, 0.4) is 0 Å². The average molecular weight is 184 g/mol.